The predicted octanol–water partition coefficient (Wildman–Crippen LogP) is 3.10. The summed E-state index contributed by atoms with van der Waals surface area (Å²) in [6, 6.07) is 5.90. The maximum atomic E-state index is 9.77. The molecule has 3 N–H and O–H groups in total. The average Bonchev–Trinajstić information content (AvgIpc) is 2.37. The van der Waals surface area contributed by atoms with Crippen LogP contribution in [0.2, 0.25) is 0 Å². The fourth-order valence-electron chi connectivity index (χ4n) is 2.65. The van der Waals surface area contributed by atoms with Crippen LogP contribution in [0.25, 0.3) is 0 Å². The normalized spacial score (nSPS) is 16.1. The van der Waals surface area contributed by atoms with Crippen LogP contribution in [0.4, 0.5) is 5.69 Å². The number of likely N-dealkylation sites (N-methyl/N-ethyl adjacent to an activating group) is 1. The fourth-order valence-corrected chi connectivity index (χ4v) is 2.65. The molecule has 0 aromatic heterocycles. The van der Waals surface area contributed by atoms with E-state index in [1.165, 1.54) is 5.56 Å². The summed E-state index contributed by atoms with van der Waals surface area (Å²) in [5.41, 5.74) is 2.26. The molecule has 1 aromatic rings. The van der Waals surface area contributed by atoms with E-state index in [0.717, 1.165) is 18.5 Å². The molecule has 18 heavy (non-hydrogen) atoms. The van der Waals surface area contributed by atoms with Crippen molar-refractivity contribution >= 4 is 5.69 Å². The van der Waals surface area contributed by atoms with E-state index in [4.69, 9.17) is 0 Å². The van der Waals surface area contributed by atoms with Gasteiger partial charge in [-0.2, -0.15) is 0 Å². The molecule has 0 aliphatic carbocycles. The lowest BCUT2D eigenvalue weighted by atomic mass is 9.72. The Morgan fingerprint density at radius 3 is 2.50 bits per heavy atom. The van der Waals surface area contributed by atoms with Crippen molar-refractivity contribution in [3.63, 3.8) is 0 Å². The van der Waals surface area contributed by atoms with Crippen molar-refractivity contribution in [1.82, 2.24) is 5.32 Å². The quantitative estimate of drug-likeness (QED) is 0.680. The second-order valence-corrected chi connectivity index (χ2v) is 5.16. The Morgan fingerprint density at radius 1 is 1.33 bits per heavy atom. The van der Waals surface area contributed by atoms with Gasteiger partial charge in [0.1, 0.15) is 5.75 Å². The molecule has 1 aromatic carbocycles. The van der Waals surface area contributed by atoms with Gasteiger partial charge in [-0.05, 0) is 44.2 Å². The van der Waals surface area contributed by atoms with Gasteiger partial charge in [0.05, 0.1) is 0 Å². The summed E-state index contributed by atoms with van der Waals surface area (Å²) in [5, 5.41) is 16.3. The van der Waals surface area contributed by atoms with E-state index >= 15 is 0 Å². The van der Waals surface area contributed by atoms with Crippen molar-refractivity contribution in [2.75, 3.05) is 19.4 Å². The summed E-state index contributed by atoms with van der Waals surface area (Å²) in [4.78, 5) is 0. The van der Waals surface area contributed by atoms with Crippen molar-refractivity contribution in [3.8, 4) is 5.75 Å². The Hall–Kier alpha value is -1.22. The molecule has 3 nitrogen and oxygen atoms in total. The third kappa shape index (κ3) is 2.78. The third-order valence-electron chi connectivity index (χ3n) is 4.05. The van der Waals surface area contributed by atoms with Gasteiger partial charge >= 0.3 is 0 Å². The first-order valence-electron chi connectivity index (χ1n) is 6.68. The van der Waals surface area contributed by atoms with Crippen molar-refractivity contribution in [2.45, 2.75) is 45.1 Å². The number of hydrogen-bond acceptors (Lipinski definition) is 3. The predicted molar refractivity (Wildman–Crippen MR) is 78.4 cm³/mol. The van der Waals surface area contributed by atoms with Gasteiger partial charge in [-0.15, -0.1) is 0 Å². The van der Waals surface area contributed by atoms with Crippen molar-refractivity contribution in [2.24, 2.45) is 0 Å². The number of benzene rings is 1. The lowest BCUT2D eigenvalue weighted by molar-refractivity contribution is 0.324. The van der Waals surface area contributed by atoms with Gasteiger partial charge in [0.2, 0.25) is 0 Å². The summed E-state index contributed by atoms with van der Waals surface area (Å²) in [7, 11) is 3.91. The van der Waals surface area contributed by atoms with Gasteiger partial charge in [-0.25, -0.2) is 0 Å². The van der Waals surface area contributed by atoms with Crippen LogP contribution in [0.1, 0.15) is 39.2 Å². The van der Waals surface area contributed by atoms with Crippen LogP contribution in [-0.2, 0) is 5.41 Å². The highest BCUT2D eigenvalue weighted by atomic mass is 16.3. The molecule has 0 aliphatic heterocycles. The van der Waals surface area contributed by atoms with E-state index in [-0.39, 0.29) is 5.41 Å². The molecule has 0 saturated carbocycles. The molecule has 0 amide bonds. The highest BCUT2D eigenvalue weighted by molar-refractivity contribution is 5.57. The number of anilines is 1. The number of nitrogens with one attached hydrogen (secondary N) is 2. The van der Waals surface area contributed by atoms with Crippen LogP contribution in [0.15, 0.2) is 18.2 Å². The zero-order valence-electron chi connectivity index (χ0n) is 12.2. The zero-order chi connectivity index (χ0) is 13.8. The maximum absolute atomic E-state index is 9.77. The molecule has 0 fully saturated rings. The number of phenolic OH excluding ortho intramolecular Hbond substituents is 1. The molecule has 0 saturated heterocycles. The Kier molecular flexibility index (Phi) is 5.03. The smallest absolute Gasteiger partial charge is 0.116 e. The van der Waals surface area contributed by atoms with E-state index in [9.17, 15) is 5.11 Å². The third-order valence-corrected chi connectivity index (χ3v) is 4.05. The minimum absolute atomic E-state index is 0.000579. The number of rotatable bonds is 6. The van der Waals surface area contributed by atoms with E-state index in [2.05, 4.69) is 31.4 Å². The summed E-state index contributed by atoms with van der Waals surface area (Å²) >= 11 is 0. The lowest BCUT2D eigenvalue weighted by Crippen LogP contribution is -2.43. The van der Waals surface area contributed by atoms with Crippen LogP contribution in [0.3, 0.4) is 0 Å². The van der Waals surface area contributed by atoms with Crippen molar-refractivity contribution in [1.29, 1.82) is 0 Å². The average molecular weight is 250 g/mol. The molecule has 1 rings (SSSR count). The Bertz CT molecular complexity index is 392. The number of aromatic hydroxyl groups is 1. The highest BCUT2D eigenvalue weighted by Crippen LogP contribution is 2.38. The summed E-state index contributed by atoms with van der Waals surface area (Å²) in [6.45, 7) is 6.65. The van der Waals surface area contributed by atoms with E-state index in [1.807, 2.05) is 26.2 Å². The van der Waals surface area contributed by atoms with Crippen molar-refractivity contribution in [3.05, 3.63) is 23.8 Å². The molecule has 0 aliphatic rings. The first kappa shape index (κ1) is 14.8. The van der Waals surface area contributed by atoms with Crippen molar-refractivity contribution < 1.29 is 5.11 Å². The number of phenols is 1. The Balaban J connectivity index is 3.32. The minimum Gasteiger partial charge on any atom is -0.508 e. The molecule has 3 heteroatoms. The van der Waals surface area contributed by atoms with Gasteiger partial charge in [-0.3, -0.25) is 0 Å². The molecule has 0 spiro atoms. The van der Waals surface area contributed by atoms with E-state index in [1.54, 1.807) is 6.07 Å². The highest BCUT2D eigenvalue weighted by Gasteiger charge is 2.33. The van der Waals surface area contributed by atoms with Crippen LogP contribution >= 0.6 is 0 Å². The largest absolute Gasteiger partial charge is 0.508 e. The lowest BCUT2D eigenvalue weighted by Gasteiger charge is -2.37. The topological polar surface area (TPSA) is 44.3 Å². The zero-order valence-corrected chi connectivity index (χ0v) is 12.2. The minimum atomic E-state index is 0.000579. The fraction of sp³-hybridized carbons (Fsp3) is 0.600. The van der Waals surface area contributed by atoms with Gasteiger partial charge in [0, 0.05) is 24.2 Å². The van der Waals surface area contributed by atoms with Crippen LogP contribution < -0.4 is 10.6 Å². The van der Waals surface area contributed by atoms with E-state index < -0.39 is 0 Å². The molecule has 2 atom stereocenters. The molecule has 0 radical (unpaired) electrons. The summed E-state index contributed by atoms with van der Waals surface area (Å²) < 4.78 is 0. The summed E-state index contributed by atoms with van der Waals surface area (Å²) in [6.07, 6.45) is 2.19. The molecular formula is C15H26N2O. The standard InChI is InChI=1S/C15H26N2O/c1-6-9-15(3,11(2)16-4)13-10-12(18)7-8-14(13)17-5/h7-8,10-11,16-18H,6,9H2,1-5H3. The molecular weight excluding hydrogens is 224 g/mol. The number of hydrogen-bond donors (Lipinski definition) is 3. The van der Waals surface area contributed by atoms with Crippen LogP contribution in [0, 0.1) is 0 Å². The first-order chi connectivity index (χ1) is 8.49. The van der Waals surface area contributed by atoms with E-state index in [0.29, 0.717) is 11.8 Å². The monoisotopic (exact) mass is 250 g/mol. The molecule has 0 bridgehead atoms. The van der Waals surface area contributed by atoms with Crippen LogP contribution in [-0.4, -0.2) is 25.2 Å². The first-order valence-corrected chi connectivity index (χ1v) is 6.68. The second kappa shape index (κ2) is 6.10. The molecule has 0 heterocycles. The SMILES string of the molecule is CCCC(C)(c1cc(O)ccc1NC)C(C)NC. The molecule has 102 valence electrons. The van der Waals surface area contributed by atoms with Gasteiger partial charge in [-0.1, -0.05) is 20.3 Å². The molecule has 2 unspecified atom stereocenters. The van der Waals surface area contributed by atoms with Gasteiger partial charge in [0.15, 0.2) is 0 Å². The maximum Gasteiger partial charge on any atom is 0.116 e. The second-order valence-electron chi connectivity index (χ2n) is 5.16. The van der Waals surface area contributed by atoms with Gasteiger partial charge < -0.3 is 15.7 Å². The summed E-state index contributed by atoms with van der Waals surface area (Å²) in [5.74, 6) is 0.328. The van der Waals surface area contributed by atoms with Crippen LogP contribution in [0.5, 0.6) is 5.75 Å². The van der Waals surface area contributed by atoms with Gasteiger partial charge in [0.25, 0.3) is 0 Å². The Labute approximate surface area is 111 Å². The Morgan fingerprint density at radius 2 is 2.00 bits per heavy atom.